The number of aryl methyl sites for hydroxylation is 2. The minimum atomic E-state index is 0.742. The molecule has 1 N–H and O–H groups in total. The number of nitrogens with one attached hydrogen (secondary N) is 1. The van der Waals surface area contributed by atoms with Gasteiger partial charge in [-0.25, -0.2) is 4.98 Å². The molecule has 21 heavy (non-hydrogen) atoms. The maximum absolute atomic E-state index is 5.81. The van der Waals surface area contributed by atoms with Crippen LogP contribution in [0.1, 0.15) is 17.9 Å². The van der Waals surface area contributed by atoms with Gasteiger partial charge in [-0.1, -0.05) is 28.1 Å². The Bertz CT molecular complexity index is 569. The monoisotopic (exact) mass is 352 g/mol. The largest absolute Gasteiger partial charge is 0.441 e. The first-order valence-corrected chi connectivity index (χ1v) is 7.91. The van der Waals surface area contributed by atoms with Crippen molar-refractivity contribution < 1.29 is 9.15 Å². The summed E-state index contributed by atoms with van der Waals surface area (Å²) in [5.41, 5.74) is 2.25. The van der Waals surface area contributed by atoms with E-state index in [4.69, 9.17) is 9.15 Å². The van der Waals surface area contributed by atoms with Crippen molar-refractivity contribution in [2.45, 2.75) is 19.8 Å². The van der Waals surface area contributed by atoms with Gasteiger partial charge in [0.2, 0.25) is 0 Å². The average Bonchev–Trinajstić information content (AvgIpc) is 2.94. The van der Waals surface area contributed by atoms with Gasteiger partial charge < -0.3 is 14.5 Å². The summed E-state index contributed by atoms with van der Waals surface area (Å²) < 4.78 is 11.9. The molecule has 1 aromatic heterocycles. The zero-order valence-corrected chi connectivity index (χ0v) is 14.1. The van der Waals surface area contributed by atoms with Crippen molar-refractivity contribution in [1.82, 2.24) is 10.3 Å². The molecule has 0 radical (unpaired) electrons. The van der Waals surface area contributed by atoms with Crippen LogP contribution in [-0.2, 0) is 11.2 Å². The van der Waals surface area contributed by atoms with Crippen LogP contribution in [0, 0.1) is 6.92 Å². The van der Waals surface area contributed by atoms with E-state index in [0.29, 0.717) is 0 Å². The maximum atomic E-state index is 5.81. The fourth-order valence-corrected chi connectivity index (χ4v) is 2.35. The molecule has 1 aromatic carbocycles. The van der Waals surface area contributed by atoms with E-state index in [0.717, 1.165) is 54.2 Å². The molecule has 4 nitrogen and oxygen atoms in total. The number of rotatable bonds is 8. The Morgan fingerprint density at radius 2 is 2.19 bits per heavy atom. The molecule has 0 saturated carbocycles. The van der Waals surface area contributed by atoms with Crippen LogP contribution >= 0.6 is 15.9 Å². The van der Waals surface area contributed by atoms with E-state index < -0.39 is 0 Å². The molecule has 0 aliphatic heterocycles. The molecule has 0 atom stereocenters. The summed E-state index contributed by atoms with van der Waals surface area (Å²) in [7, 11) is 1.71. The number of hydrogen-bond acceptors (Lipinski definition) is 4. The number of oxazole rings is 1. The molecular formula is C16H21BrN2O2. The number of ether oxygens (including phenoxy) is 1. The summed E-state index contributed by atoms with van der Waals surface area (Å²) in [6, 6.07) is 6.18. The molecule has 0 saturated heterocycles. The predicted molar refractivity (Wildman–Crippen MR) is 87.4 cm³/mol. The summed E-state index contributed by atoms with van der Waals surface area (Å²) in [5.74, 6) is 1.60. The molecule has 2 aromatic rings. The minimum Gasteiger partial charge on any atom is -0.441 e. The van der Waals surface area contributed by atoms with Gasteiger partial charge in [-0.15, -0.1) is 0 Å². The van der Waals surface area contributed by atoms with Gasteiger partial charge in [-0.3, -0.25) is 0 Å². The SMILES string of the molecule is COCCNCCCc1ncc(-c2ccc(C)c(Br)c2)o1. The highest BCUT2D eigenvalue weighted by Crippen LogP contribution is 2.26. The molecule has 1 heterocycles. The summed E-state index contributed by atoms with van der Waals surface area (Å²) >= 11 is 3.54. The first kappa shape index (κ1) is 16.2. The topological polar surface area (TPSA) is 47.3 Å². The lowest BCUT2D eigenvalue weighted by Crippen LogP contribution is -2.20. The molecule has 114 valence electrons. The van der Waals surface area contributed by atoms with Crippen LogP contribution < -0.4 is 5.32 Å². The van der Waals surface area contributed by atoms with Gasteiger partial charge in [0.25, 0.3) is 0 Å². The third-order valence-corrected chi connectivity index (χ3v) is 4.09. The Morgan fingerprint density at radius 1 is 1.33 bits per heavy atom. The van der Waals surface area contributed by atoms with Gasteiger partial charge in [0.1, 0.15) is 0 Å². The van der Waals surface area contributed by atoms with Crippen LogP contribution in [0.2, 0.25) is 0 Å². The summed E-state index contributed by atoms with van der Waals surface area (Å²) in [6.45, 7) is 4.63. The van der Waals surface area contributed by atoms with Crippen LogP contribution in [0.5, 0.6) is 0 Å². The lowest BCUT2D eigenvalue weighted by molar-refractivity contribution is 0.199. The summed E-state index contributed by atoms with van der Waals surface area (Å²) in [5, 5.41) is 3.31. The normalized spacial score (nSPS) is 11.0. The number of nitrogens with zero attached hydrogens (tertiary/aromatic N) is 1. The van der Waals surface area contributed by atoms with Gasteiger partial charge in [-0.05, 0) is 31.5 Å². The first-order chi connectivity index (χ1) is 10.2. The van der Waals surface area contributed by atoms with Crippen LogP contribution in [0.3, 0.4) is 0 Å². The lowest BCUT2D eigenvalue weighted by Gasteiger charge is -2.02. The number of aromatic nitrogens is 1. The second-order valence-corrected chi connectivity index (χ2v) is 5.78. The third kappa shape index (κ3) is 4.95. The smallest absolute Gasteiger partial charge is 0.194 e. The second kappa shape index (κ2) is 8.32. The quantitative estimate of drug-likeness (QED) is 0.737. The molecule has 5 heteroatoms. The standard InChI is InChI=1S/C16H21BrN2O2/c1-12-5-6-13(10-14(12)17)15-11-19-16(21-15)4-3-7-18-8-9-20-2/h5-6,10-11,18H,3-4,7-9H2,1-2H3. The number of hydrogen-bond donors (Lipinski definition) is 1. The Labute approximate surface area is 134 Å². The fourth-order valence-electron chi connectivity index (χ4n) is 1.97. The highest BCUT2D eigenvalue weighted by atomic mass is 79.9. The molecule has 0 fully saturated rings. The minimum absolute atomic E-state index is 0.742. The molecule has 2 rings (SSSR count). The zero-order chi connectivity index (χ0) is 15.1. The summed E-state index contributed by atoms with van der Waals surface area (Å²) in [4.78, 5) is 4.34. The van der Waals surface area contributed by atoms with Crippen molar-refractivity contribution >= 4 is 15.9 Å². The molecule has 0 spiro atoms. The average molecular weight is 353 g/mol. The molecular weight excluding hydrogens is 332 g/mol. The Morgan fingerprint density at radius 3 is 2.95 bits per heavy atom. The van der Waals surface area contributed by atoms with E-state index in [1.165, 1.54) is 5.56 Å². The van der Waals surface area contributed by atoms with E-state index in [2.05, 4.69) is 51.4 Å². The van der Waals surface area contributed by atoms with Crippen LogP contribution in [0.15, 0.2) is 33.3 Å². The van der Waals surface area contributed by atoms with Gasteiger partial charge in [0, 0.05) is 30.1 Å². The lowest BCUT2D eigenvalue weighted by atomic mass is 10.1. The van der Waals surface area contributed by atoms with Crippen molar-refractivity contribution in [3.63, 3.8) is 0 Å². The van der Waals surface area contributed by atoms with Crippen LogP contribution in [-0.4, -0.2) is 31.8 Å². The van der Waals surface area contributed by atoms with E-state index >= 15 is 0 Å². The van der Waals surface area contributed by atoms with Crippen LogP contribution in [0.4, 0.5) is 0 Å². The zero-order valence-electron chi connectivity index (χ0n) is 12.5. The van der Waals surface area contributed by atoms with Crippen molar-refractivity contribution in [3.8, 4) is 11.3 Å². The summed E-state index contributed by atoms with van der Waals surface area (Å²) in [6.07, 6.45) is 3.64. The van der Waals surface area contributed by atoms with E-state index in [1.54, 1.807) is 13.3 Å². The Balaban J connectivity index is 1.85. The second-order valence-electron chi connectivity index (χ2n) is 4.93. The van der Waals surface area contributed by atoms with Gasteiger partial charge in [0.05, 0.1) is 12.8 Å². The number of benzene rings is 1. The van der Waals surface area contributed by atoms with Crippen LogP contribution in [0.25, 0.3) is 11.3 Å². The molecule has 0 aliphatic carbocycles. The highest BCUT2D eigenvalue weighted by Gasteiger charge is 2.07. The maximum Gasteiger partial charge on any atom is 0.194 e. The van der Waals surface area contributed by atoms with E-state index in [9.17, 15) is 0 Å². The molecule has 0 amide bonds. The number of methoxy groups -OCH3 is 1. The predicted octanol–water partition coefficient (Wildman–Crippen LogP) is 3.58. The van der Waals surface area contributed by atoms with Crippen molar-refractivity contribution in [1.29, 1.82) is 0 Å². The highest BCUT2D eigenvalue weighted by molar-refractivity contribution is 9.10. The molecule has 0 bridgehead atoms. The fraction of sp³-hybridized carbons (Fsp3) is 0.438. The Hall–Kier alpha value is -1.17. The van der Waals surface area contributed by atoms with Gasteiger partial charge >= 0.3 is 0 Å². The third-order valence-electron chi connectivity index (χ3n) is 3.24. The molecule has 0 aliphatic rings. The van der Waals surface area contributed by atoms with E-state index in [-0.39, 0.29) is 0 Å². The van der Waals surface area contributed by atoms with Gasteiger partial charge in [-0.2, -0.15) is 0 Å². The van der Waals surface area contributed by atoms with Crippen molar-refractivity contribution in [3.05, 3.63) is 40.3 Å². The Kier molecular flexibility index (Phi) is 6.42. The van der Waals surface area contributed by atoms with Crippen molar-refractivity contribution in [2.75, 3.05) is 26.8 Å². The number of halogens is 1. The van der Waals surface area contributed by atoms with Gasteiger partial charge in [0.15, 0.2) is 11.7 Å². The first-order valence-electron chi connectivity index (χ1n) is 7.11. The van der Waals surface area contributed by atoms with Crippen molar-refractivity contribution in [2.24, 2.45) is 0 Å². The molecule has 0 unspecified atom stereocenters. The van der Waals surface area contributed by atoms with E-state index in [1.807, 2.05) is 0 Å².